The van der Waals surface area contributed by atoms with Crippen LogP contribution in [0.5, 0.6) is 5.75 Å². The molecule has 1 aromatic rings. The highest BCUT2D eigenvalue weighted by atomic mass is 16.5. The van der Waals surface area contributed by atoms with Gasteiger partial charge in [-0.25, -0.2) is 0 Å². The lowest BCUT2D eigenvalue weighted by atomic mass is 10.1. The molecule has 3 heteroatoms. The maximum absolute atomic E-state index is 11.3. The lowest BCUT2D eigenvalue weighted by Crippen LogP contribution is -2.17. The fourth-order valence-electron chi connectivity index (χ4n) is 1.14. The molecule has 0 aliphatic rings. The van der Waals surface area contributed by atoms with Crippen molar-refractivity contribution in [3.63, 3.8) is 0 Å². The van der Waals surface area contributed by atoms with Crippen LogP contribution in [0.3, 0.4) is 0 Å². The van der Waals surface area contributed by atoms with Gasteiger partial charge in [0.05, 0.1) is 7.11 Å². The lowest BCUT2D eigenvalue weighted by Gasteiger charge is -2.05. The highest BCUT2D eigenvalue weighted by Gasteiger charge is 2.04. The van der Waals surface area contributed by atoms with E-state index in [9.17, 15) is 4.79 Å². The molecule has 70 valence electrons. The molecule has 1 rings (SSSR count). The zero-order valence-electron chi connectivity index (χ0n) is 8.05. The molecule has 0 aromatic heterocycles. The van der Waals surface area contributed by atoms with Crippen LogP contribution in [0.15, 0.2) is 18.2 Å². The van der Waals surface area contributed by atoms with Crippen molar-refractivity contribution < 1.29 is 9.53 Å². The minimum absolute atomic E-state index is 0.0954. The van der Waals surface area contributed by atoms with Crippen LogP contribution in [0.4, 0.5) is 0 Å². The van der Waals surface area contributed by atoms with E-state index in [1.165, 1.54) is 0 Å². The summed E-state index contributed by atoms with van der Waals surface area (Å²) < 4.78 is 5.05. The van der Waals surface area contributed by atoms with Crippen molar-refractivity contribution in [3.05, 3.63) is 29.3 Å². The van der Waals surface area contributed by atoms with Gasteiger partial charge in [-0.05, 0) is 30.7 Å². The molecule has 0 heterocycles. The summed E-state index contributed by atoms with van der Waals surface area (Å²) in [6.45, 7) is 1.93. The molecule has 0 spiro atoms. The van der Waals surface area contributed by atoms with Gasteiger partial charge in [-0.3, -0.25) is 4.79 Å². The number of rotatable bonds is 2. The first-order valence-electron chi connectivity index (χ1n) is 4.05. The number of ether oxygens (including phenoxy) is 1. The van der Waals surface area contributed by atoms with Crippen LogP contribution in [-0.4, -0.2) is 20.1 Å². The summed E-state index contributed by atoms with van der Waals surface area (Å²) in [6.07, 6.45) is 0. The second kappa shape index (κ2) is 3.94. The fourth-order valence-corrected chi connectivity index (χ4v) is 1.14. The largest absolute Gasteiger partial charge is 0.497 e. The molecule has 13 heavy (non-hydrogen) atoms. The van der Waals surface area contributed by atoms with Crippen molar-refractivity contribution in [1.29, 1.82) is 0 Å². The fraction of sp³-hybridized carbons (Fsp3) is 0.300. The van der Waals surface area contributed by atoms with Crippen molar-refractivity contribution in [2.75, 3.05) is 14.2 Å². The summed E-state index contributed by atoms with van der Waals surface area (Å²) in [6, 6.07) is 5.42. The number of methoxy groups -OCH3 is 1. The van der Waals surface area contributed by atoms with Gasteiger partial charge in [-0.15, -0.1) is 0 Å². The first kappa shape index (κ1) is 9.58. The number of carbonyl (C=O) groups is 1. The SMILES string of the molecule is CNC(=O)c1cc(C)cc(OC)c1. The molecule has 0 aliphatic carbocycles. The van der Waals surface area contributed by atoms with Crippen molar-refractivity contribution in [2.24, 2.45) is 0 Å². The Kier molecular flexibility index (Phi) is 2.90. The number of benzene rings is 1. The van der Waals surface area contributed by atoms with E-state index in [4.69, 9.17) is 4.74 Å². The van der Waals surface area contributed by atoms with Crippen LogP contribution < -0.4 is 10.1 Å². The molecular weight excluding hydrogens is 166 g/mol. The first-order valence-corrected chi connectivity index (χ1v) is 4.05. The number of hydrogen-bond donors (Lipinski definition) is 1. The molecule has 0 atom stereocenters. The third-order valence-corrected chi connectivity index (χ3v) is 1.78. The van der Waals surface area contributed by atoms with Gasteiger partial charge < -0.3 is 10.1 Å². The molecule has 0 bridgehead atoms. The molecule has 0 saturated heterocycles. The van der Waals surface area contributed by atoms with Gasteiger partial charge in [0.1, 0.15) is 5.75 Å². The molecule has 1 amide bonds. The Bertz CT molecular complexity index is 321. The summed E-state index contributed by atoms with van der Waals surface area (Å²) in [5.74, 6) is 0.612. The molecule has 3 nitrogen and oxygen atoms in total. The smallest absolute Gasteiger partial charge is 0.251 e. The van der Waals surface area contributed by atoms with Crippen LogP contribution in [0, 0.1) is 6.92 Å². The van der Waals surface area contributed by atoms with E-state index in [1.54, 1.807) is 20.2 Å². The molecule has 0 unspecified atom stereocenters. The average Bonchev–Trinajstić information content (AvgIpc) is 2.15. The molecular formula is C10H13NO2. The van der Waals surface area contributed by atoms with E-state index in [2.05, 4.69) is 5.32 Å². The van der Waals surface area contributed by atoms with Crippen LogP contribution in [0.2, 0.25) is 0 Å². The standard InChI is InChI=1S/C10H13NO2/c1-7-4-8(10(12)11-2)6-9(5-7)13-3/h4-6H,1-3H3,(H,11,12). The van der Waals surface area contributed by atoms with Crippen LogP contribution >= 0.6 is 0 Å². The summed E-state index contributed by atoms with van der Waals surface area (Å²) in [5.41, 5.74) is 1.64. The quantitative estimate of drug-likeness (QED) is 0.744. The van der Waals surface area contributed by atoms with E-state index in [0.29, 0.717) is 11.3 Å². The lowest BCUT2D eigenvalue weighted by molar-refractivity contribution is 0.0962. The Labute approximate surface area is 77.7 Å². The highest BCUT2D eigenvalue weighted by molar-refractivity contribution is 5.94. The Morgan fingerprint density at radius 2 is 2.08 bits per heavy atom. The second-order valence-corrected chi connectivity index (χ2v) is 2.82. The minimum Gasteiger partial charge on any atom is -0.497 e. The zero-order valence-corrected chi connectivity index (χ0v) is 8.05. The predicted octanol–water partition coefficient (Wildman–Crippen LogP) is 1.36. The molecule has 0 saturated carbocycles. The topological polar surface area (TPSA) is 38.3 Å². The zero-order chi connectivity index (χ0) is 9.84. The highest BCUT2D eigenvalue weighted by Crippen LogP contribution is 2.15. The van der Waals surface area contributed by atoms with Gasteiger partial charge >= 0.3 is 0 Å². The second-order valence-electron chi connectivity index (χ2n) is 2.82. The molecule has 0 radical (unpaired) electrons. The van der Waals surface area contributed by atoms with E-state index >= 15 is 0 Å². The van der Waals surface area contributed by atoms with Gasteiger partial charge in [0, 0.05) is 12.6 Å². The number of amides is 1. The van der Waals surface area contributed by atoms with Crippen molar-refractivity contribution in [3.8, 4) is 5.75 Å². The maximum Gasteiger partial charge on any atom is 0.251 e. The van der Waals surface area contributed by atoms with Gasteiger partial charge in [0.25, 0.3) is 5.91 Å². The molecule has 1 N–H and O–H groups in total. The van der Waals surface area contributed by atoms with E-state index < -0.39 is 0 Å². The van der Waals surface area contributed by atoms with Crippen LogP contribution in [0.25, 0.3) is 0 Å². The first-order chi connectivity index (χ1) is 6.17. The summed E-state index contributed by atoms with van der Waals surface area (Å²) in [7, 11) is 3.19. The molecule has 0 fully saturated rings. The Balaban J connectivity index is 3.08. The number of hydrogen-bond acceptors (Lipinski definition) is 2. The molecule has 1 aromatic carbocycles. The van der Waals surface area contributed by atoms with Gasteiger partial charge in [0.15, 0.2) is 0 Å². The van der Waals surface area contributed by atoms with Crippen molar-refractivity contribution in [1.82, 2.24) is 5.32 Å². The normalized spacial score (nSPS) is 9.46. The average molecular weight is 179 g/mol. The van der Waals surface area contributed by atoms with E-state index in [1.807, 2.05) is 19.1 Å². The minimum atomic E-state index is -0.0954. The Hall–Kier alpha value is -1.51. The number of aryl methyl sites for hydroxylation is 1. The van der Waals surface area contributed by atoms with Gasteiger partial charge in [0.2, 0.25) is 0 Å². The number of carbonyl (C=O) groups excluding carboxylic acids is 1. The third-order valence-electron chi connectivity index (χ3n) is 1.78. The maximum atomic E-state index is 11.3. The predicted molar refractivity (Wildman–Crippen MR) is 51.1 cm³/mol. The van der Waals surface area contributed by atoms with E-state index in [0.717, 1.165) is 5.56 Å². The van der Waals surface area contributed by atoms with Crippen LogP contribution in [0.1, 0.15) is 15.9 Å². The summed E-state index contributed by atoms with van der Waals surface area (Å²) in [4.78, 5) is 11.3. The third kappa shape index (κ3) is 2.21. The van der Waals surface area contributed by atoms with Crippen molar-refractivity contribution in [2.45, 2.75) is 6.92 Å². The number of nitrogens with one attached hydrogen (secondary N) is 1. The molecule has 0 aliphatic heterocycles. The van der Waals surface area contributed by atoms with Gasteiger partial charge in [-0.2, -0.15) is 0 Å². The Morgan fingerprint density at radius 1 is 1.38 bits per heavy atom. The Morgan fingerprint density at radius 3 is 2.62 bits per heavy atom. The van der Waals surface area contributed by atoms with E-state index in [-0.39, 0.29) is 5.91 Å². The van der Waals surface area contributed by atoms with Crippen LogP contribution in [-0.2, 0) is 0 Å². The summed E-state index contributed by atoms with van der Waals surface area (Å²) >= 11 is 0. The van der Waals surface area contributed by atoms with Gasteiger partial charge in [-0.1, -0.05) is 0 Å². The monoisotopic (exact) mass is 179 g/mol. The van der Waals surface area contributed by atoms with Crippen molar-refractivity contribution >= 4 is 5.91 Å². The summed E-state index contributed by atoms with van der Waals surface area (Å²) in [5, 5.41) is 2.57.